The highest BCUT2D eigenvalue weighted by molar-refractivity contribution is 5.97. The van der Waals surface area contributed by atoms with Gasteiger partial charge in [-0.25, -0.2) is 4.98 Å². The summed E-state index contributed by atoms with van der Waals surface area (Å²) in [5.74, 6) is 1.70. The smallest absolute Gasteiger partial charge is 0.129 e. The number of hydrogen-bond donors (Lipinski definition) is 0. The molecule has 0 bridgehead atoms. The molecule has 0 radical (unpaired) electrons. The lowest BCUT2D eigenvalue weighted by Crippen LogP contribution is -2.10. The minimum atomic E-state index is 0.479. The van der Waals surface area contributed by atoms with Gasteiger partial charge in [-0.1, -0.05) is 24.3 Å². The number of nitrogens with zero attached hydrogens (tertiary/aromatic N) is 2. The first kappa shape index (κ1) is 14.9. The molecular formula is C22H16N2O2. The maximum Gasteiger partial charge on any atom is 0.129 e. The SMILES string of the molecule is COc1ccc(-c2c3c(nc4cccnc24)-c2ccccc2OC3)cc1. The van der Waals surface area contributed by atoms with Crippen molar-refractivity contribution in [2.75, 3.05) is 7.11 Å². The maximum absolute atomic E-state index is 6.01. The number of rotatable bonds is 2. The van der Waals surface area contributed by atoms with E-state index in [1.54, 1.807) is 13.3 Å². The van der Waals surface area contributed by atoms with Crippen LogP contribution in [0.4, 0.5) is 0 Å². The summed E-state index contributed by atoms with van der Waals surface area (Å²) in [5.41, 5.74) is 6.99. The molecule has 0 fully saturated rings. The van der Waals surface area contributed by atoms with Crippen LogP contribution in [0.2, 0.25) is 0 Å². The van der Waals surface area contributed by atoms with Crippen molar-refractivity contribution in [1.82, 2.24) is 9.97 Å². The van der Waals surface area contributed by atoms with Crippen LogP contribution < -0.4 is 9.47 Å². The molecule has 126 valence electrons. The number of fused-ring (bicyclic) bond motifs is 4. The molecule has 4 heteroatoms. The molecule has 1 aliphatic rings. The first-order chi connectivity index (χ1) is 12.8. The highest BCUT2D eigenvalue weighted by Crippen LogP contribution is 2.42. The highest BCUT2D eigenvalue weighted by atomic mass is 16.5. The lowest BCUT2D eigenvalue weighted by Gasteiger charge is -2.23. The van der Waals surface area contributed by atoms with Crippen molar-refractivity contribution in [3.63, 3.8) is 0 Å². The van der Waals surface area contributed by atoms with Gasteiger partial charge in [-0.05, 0) is 42.0 Å². The molecule has 2 aromatic heterocycles. The molecule has 1 aliphatic heterocycles. The summed E-state index contributed by atoms with van der Waals surface area (Å²) in [4.78, 5) is 9.52. The Morgan fingerprint density at radius 1 is 0.962 bits per heavy atom. The van der Waals surface area contributed by atoms with E-state index in [0.29, 0.717) is 6.61 Å². The van der Waals surface area contributed by atoms with E-state index in [1.165, 1.54) is 0 Å². The average molecular weight is 340 g/mol. The van der Waals surface area contributed by atoms with E-state index >= 15 is 0 Å². The third-order valence-electron chi connectivity index (χ3n) is 4.74. The molecule has 26 heavy (non-hydrogen) atoms. The molecule has 0 atom stereocenters. The van der Waals surface area contributed by atoms with Crippen LogP contribution in [0.1, 0.15) is 5.56 Å². The minimum Gasteiger partial charge on any atom is -0.497 e. The zero-order valence-corrected chi connectivity index (χ0v) is 14.3. The standard InChI is InChI=1S/C22H16N2O2/c1-25-15-10-8-14(9-11-15)20-17-13-26-19-7-3-2-5-16(19)21(17)24-18-6-4-12-23-22(18)20/h2-12H,13H2,1H3. The van der Waals surface area contributed by atoms with Crippen molar-refractivity contribution >= 4 is 11.0 Å². The van der Waals surface area contributed by atoms with Crippen molar-refractivity contribution in [2.24, 2.45) is 0 Å². The number of ether oxygens (including phenoxy) is 2. The molecule has 0 saturated heterocycles. The lowest BCUT2D eigenvalue weighted by atomic mass is 9.93. The van der Waals surface area contributed by atoms with Gasteiger partial charge in [0.1, 0.15) is 18.1 Å². The first-order valence-electron chi connectivity index (χ1n) is 8.49. The van der Waals surface area contributed by atoms with Gasteiger partial charge in [-0.3, -0.25) is 4.98 Å². The molecule has 0 saturated carbocycles. The van der Waals surface area contributed by atoms with Crippen LogP contribution in [0, 0.1) is 0 Å². The predicted octanol–water partition coefficient (Wildman–Crippen LogP) is 4.86. The Morgan fingerprint density at radius 2 is 1.81 bits per heavy atom. The Kier molecular flexibility index (Phi) is 3.35. The molecule has 3 heterocycles. The van der Waals surface area contributed by atoms with Gasteiger partial charge in [0.2, 0.25) is 0 Å². The number of benzene rings is 2. The highest BCUT2D eigenvalue weighted by Gasteiger charge is 2.24. The normalized spacial score (nSPS) is 12.2. The van der Waals surface area contributed by atoms with Crippen LogP contribution in [-0.4, -0.2) is 17.1 Å². The van der Waals surface area contributed by atoms with Gasteiger partial charge in [0.25, 0.3) is 0 Å². The third kappa shape index (κ3) is 2.23. The summed E-state index contributed by atoms with van der Waals surface area (Å²) >= 11 is 0. The Balaban J connectivity index is 1.85. The van der Waals surface area contributed by atoms with Crippen LogP contribution >= 0.6 is 0 Å². The van der Waals surface area contributed by atoms with Crippen LogP contribution in [-0.2, 0) is 6.61 Å². The molecule has 2 aromatic carbocycles. The van der Waals surface area contributed by atoms with Crippen LogP contribution in [0.15, 0.2) is 66.9 Å². The molecule has 4 aromatic rings. The van der Waals surface area contributed by atoms with Crippen molar-refractivity contribution in [3.8, 4) is 33.9 Å². The topological polar surface area (TPSA) is 44.2 Å². The van der Waals surface area contributed by atoms with Gasteiger partial charge in [0.05, 0.1) is 23.8 Å². The Hall–Kier alpha value is -3.40. The van der Waals surface area contributed by atoms with E-state index < -0.39 is 0 Å². The summed E-state index contributed by atoms with van der Waals surface area (Å²) in [7, 11) is 1.67. The number of aromatic nitrogens is 2. The Morgan fingerprint density at radius 3 is 2.65 bits per heavy atom. The van der Waals surface area contributed by atoms with Crippen molar-refractivity contribution in [2.45, 2.75) is 6.61 Å². The summed E-state index contributed by atoms with van der Waals surface area (Å²) in [6, 6.07) is 20.0. The molecule has 0 spiro atoms. The second-order valence-electron chi connectivity index (χ2n) is 6.20. The van der Waals surface area contributed by atoms with Gasteiger partial charge in [-0.15, -0.1) is 0 Å². The van der Waals surface area contributed by atoms with E-state index in [9.17, 15) is 0 Å². The molecular weight excluding hydrogens is 324 g/mol. The number of hydrogen-bond acceptors (Lipinski definition) is 4. The molecule has 5 rings (SSSR count). The molecule has 4 nitrogen and oxygen atoms in total. The second kappa shape index (κ2) is 5.85. The van der Waals surface area contributed by atoms with Crippen LogP contribution in [0.5, 0.6) is 11.5 Å². The zero-order valence-electron chi connectivity index (χ0n) is 14.3. The van der Waals surface area contributed by atoms with E-state index in [2.05, 4.69) is 23.2 Å². The van der Waals surface area contributed by atoms with E-state index in [4.69, 9.17) is 14.5 Å². The fourth-order valence-corrected chi connectivity index (χ4v) is 3.50. The zero-order chi connectivity index (χ0) is 17.5. The van der Waals surface area contributed by atoms with Gasteiger partial charge in [0.15, 0.2) is 0 Å². The fraction of sp³-hybridized carbons (Fsp3) is 0.0909. The quantitative estimate of drug-likeness (QED) is 0.522. The third-order valence-corrected chi connectivity index (χ3v) is 4.74. The summed E-state index contributed by atoms with van der Waals surface area (Å²) in [6.07, 6.45) is 1.81. The number of methoxy groups -OCH3 is 1. The van der Waals surface area contributed by atoms with Gasteiger partial charge >= 0.3 is 0 Å². The Bertz CT molecular complexity index is 1120. The first-order valence-corrected chi connectivity index (χ1v) is 8.49. The summed E-state index contributed by atoms with van der Waals surface area (Å²) in [6.45, 7) is 0.479. The molecule has 0 amide bonds. The predicted molar refractivity (Wildman–Crippen MR) is 101 cm³/mol. The van der Waals surface area contributed by atoms with Gasteiger partial charge in [0, 0.05) is 22.9 Å². The van der Waals surface area contributed by atoms with Gasteiger partial charge < -0.3 is 9.47 Å². The Labute approximate surface area is 151 Å². The minimum absolute atomic E-state index is 0.479. The van der Waals surface area contributed by atoms with Crippen molar-refractivity contribution in [1.29, 1.82) is 0 Å². The summed E-state index contributed by atoms with van der Waals surface area (Å²) < 4.78 is 11.3. The molecule has 0 unspecified atom stereocenters. The average Bonchev–Trinajstić information content (AvgIpc) is 2.72. The fourth-order valence-electron chi connectivity index (χ4n) is 3.50. The van der Waals surface area contributed by atoms with E-state index in [0.717, 1.165) is 50.5 Å². The van der Waals surface area contributed by atoms with Crippen LogP contribution in [0.25, 0.3) is 33.4 Å². The maximum atomic E-state index is 6.01. The molecule has 0 N–H and O–H groups in total. The van der Waals surface area contributed by atoms with Crippen molar-refractivity contribution < 1.29 is 9.47 Å². The largest absolute Gasteiger partial charge is 0.497 e. The monoisotopic (exact) mass is 340 g/mol. The number of pyridine rings is 2. The number of para-hydroxylation sites is 1. The van der Waals surface area contributed by atoms with Gasteiger partial charge in [-0.2, -0.15) is 0 Å². The van der Waals surface area contributed by atoms with E-state index in [1.807, 2.05) is 42.5 Å². The summed E-state index contributed by atoms with van der Waals surface area (Å²) in [5, 5.41) is 0. The van der Waals surface area contributed by atoms with Crippen LogP contribution in [0.3, 0.4) is 0 Å². The molecule has 0 aliphatic carbocycles. The van der Waals surface area contributed by atoms with E-state index in [-0.39, 0.29) is 0 Å². The second-order valence-corrected chi connectivity index (χ2v) is 6.20. The van der Waals surface area contributed by atoms with Crippen molar-refractivity contribution in [3.05, 3.63) is 72.4 Å². The lowest BCUT2D eigenvalue weighted by molar-refractivity contribution is 0.302.